The number of hydrogen-bond acceptors (Lipinski definition) is 3. The van der Waals surface area contributed by atoms with Crippen molar-refractivity contribution in [3.8, 4) is 0 Å². The van der Waals surface area contributed by atoms with Gasteiger partial charge in [-0.25, -0.2) is 5.48 Å². The minimum atomic E-state index is -0.476. The van der Waals surface area contributed by atoms with Crippen molar-refractivity contribution in [3.63, 3.8) is 0 Å². The van der Waals surface area contributed by atoms with Crippen LogP contribution in [0.5, 0.6) is 0 Å². The van der Waals surface area contributed by atoms with Crippen LogP contribution in [0.1, 0.15) is 18.0 Å². The predicted molar refractivity (Wildman–Crippen MR) is 70.2 cm³/mol. The van der Waals surface area contributed by atoms with E-state index in [4.69, 9.17) is 11.6 Å². The average Bonchev–Trinajstić information content (AvgIpc) is 2.66. The number of rotatable bonds is 3. The zero-order chi connectivity index (χ0) is 14.0. The van der Waals surface area contributed by atoms with Gasteiger partial charge < -0.3 is 4.90 Å². The normalized spacial score (nSPS) is 22.7. The Bertz CT molecular complexity index is 506. The molecule has 1 saturated heterocycles. The van der Waals surface area contributed by atoms with Gasteiger partial charge in [-0.15, -0.1) is 0 Å². The summed E-state index contributed by atoms with van der Waals surface area (Å²) < 4.78 is 0. The number of carbonyl (C=O) groups is 2. The van der Waals surface area contributed by atoms with Gasteiger partial charge in [-0.1, -0.05) is 23.7 Å². The second-order valence-electron chi connectivity index (χ2n) is 4.49. The van der Waals surface area contributed by atoms with E-state index in [0.717, 1.165) is 5.56 Å². The molecule has 1 aliphatic rings. The summed E-state index contributed by atoms with van der Waals surface area (Å²) in [5.41, 5.74) is 3.14. The van der Waals surface area contributed by atoms with Crippen LogP contribution in [0.3, 0.4) is 0 Å². The molecular weight excluding hydrogens is 268 g/mol. The van der Waals surface area contributed by atoms with Gasteiger partial charge in [-0.05, 0) is 17.7 Å². The first-order valence-corrected chi connectivity index (χ1v) is 6.26. The molecule has 1 fully saturated rings. The van der Waals surface area contributed by atoms with Crippen molar-refractivity contribution in [1.29, 1.82) is 0 Å². The van der Waals surface area contributed by atoms with E-state index in [0.29, 0.717) is 5.02 Å². The number of halogens is 1. The summed E-state index contributed by atoms with van der Waals surface area (Å²) in [6, 6.07) is 6.88. The fourth-order valence-corrected chi connectivity index (χ4v) is 2.63. The summed E-state index contributed by atoms with van der Waals surface area (Å²) in [4.78, 5) is 30.0. The van der Waals surface area contributed by atoms with Crippen molar-refractivity contribution >= 4 is 23.4 Å². The number of amides is 2. The number of hydroxylamine groups is 1. The van der Waals surface area contributed by atoms with Gasteiger partial charge >= 0.3 is 0 Å². The molecule has 0 saturated carbocycles. The van der Waals surface area contributed by atoms with Gasteiger partial charge in [0.2, 0.25) is 11.8 Å². The number of benzene rings is 1. The summed E-state index contributed by atoms with van der Waals surface area (Å²) in [7, 11) is 3.06. The molecule has 5 nitrogen and oxygen atoms in total. The van der Waals surface area contributed by atoms with Gasteiger partial charge in [-0.2, -0.15) is 0 Å². The molecule has 2 amide bonds. The third-order valence-corrected chi connectivity index (χ3v) is 3.55. The van der Waals surface area contributed by atoms with Crippen molar-refractivity contribution in [2.45, 2.75) is 12.5 Å². The summed E-state index contributed by atoms with van der Waals surface area (Å²) in [6.07, 6.45) is 0.170. The van der Waals surface area contributed by atoms with Crippen LogP contribution in [0, 0.1) is 5.92 Å². The quantitative estimate of drug-likeness (QED) is 0.856. The monoisotopic (exact) mass is 282 g/mol. The fraction of sp³-hybridized carbons (Fsp3) is 0.385. The zero-order valence-electron chi connectivity index (χ0n) is 10.7. The Morgan fingerprint density at radius 3 is 2.89 bits per heavy atom. The minimum Gasteiger partial charge on any atom is -0.338 e. The van der Waals surface area contributed by atoms with Gasteiger partial charge in [0.1, 0.15) is 0 Å². The minimum absolute atomic E-state index is 0.0683. The van der Waals surface area contributed by atoms with E-state index in [1.165, 1.54) is 7.11 Å². The first-order chi connectivity index (χ1) is 9.04. The Morgan fingerprint density at radius 2 is 2.26 bits per heavy atom. The highest BCUT2D eigenvalue weighted by atomic mass is 35.5. The van der Waals surface area contributed by atoms with Gasteiger partial charge in [-0.3, -0.25) is 14.4 Å². The molecule has 1 aromatic rings. The number of carbonyl (C=O) groups excluding carboxylic acids is 2. The van der Waals surface area contributed by atoms with E-state index in [1.54, 1.807) is 30.1 Å². The maximum Gasteiger partial charge on any atom is 0.249 e. The summed E-state index contributed by atoms with van der Waals surface area (Å²) in [5, 5.41) is 0.580. The Morgan fingerprint density at radius 1 is 1.53 bits per heavy atom. The second kappa shape index (κ2) is 5.59. The van der Waals surface area contributed by atoms with Crippen molar-refractivity contribution < 1.29 is 14.4 Å². The highest BCUT2D eigenvalue weighted by molar-refractivity contribution is 6.30. The third-order valence-electron chi connectivity index (χ3n) is 3.32. The Kier molecular flexibility index (Phi) is 4.07. The van der Waals surface area contributed by atoms with Crippen LogP contribution in [-0.2, 0) is 14.4 Å². The number of nitrogens with one attached hydrogen (secondary N) is 1. The molecule has 2 rings (SSSR count). The molecule has 0 aromatic heterocycles. The van der Waals surface area contributed by atoms with Gasteiger partial charge in [0.15, 0.2) is 0 Å². The molecule has 102 valence electrons. The van der Waals surface area contributed by atoms with Gasteiger partial charge in [0.25, 0.3) is 0 Å². The molecule has 0 aliphatic carbocycles. The molecule has 1 aliphatic heterocycles. The maximum atomic E-state index is 12.0. The number of hydrogen-bond donors (Lipinski definition) is 1. The second-order valence-corrected chi connectivity index (χ2v) is 4.92. The van der Waals surface area contributed by atoms with E-state index in [9.17, 15) is 9.59 Å². The molecular formula is C13H15ClN2O3. The Balaban J connectivity index is 2.33. The predicted octanol–water partition coefficient (Wildman–Crippen LogP) is 1.54. The summed E-state index contributed by atoms with van der Waals surface area (Å²) in [6.45, 7) is 0. The maximum absolute atomic E-state index is 12.0. The molecule has 2 atom stereocenters. The van der Waals surface area contributed by atoms with E-state index in [-0.39, 0.29) is 24.3 Å². The van der Waals surface area contributed by atoms with Crippen LogP contribution >= 0.6 is 11.6 Å². The molecule has 19 heavy (non-hydrogen) atoms. The SMILES string of the molecule is CONC(=O)[C@@H]1CC(=O)N(C)[C@H]1c1cccc(Cl)c1. The first kappa shape index (κ1) is 13.8. The molecule has 1 aromatic carbocycles. The lowest BCUT2D eigenvalue weighted by Crippen LogP contribution is -2.33. The third kappa shape index (κ3) is 2.72. The van der Waals surface area contributed by atoms with Gasteiger partial charge in [0, 0.05) is 18.5 Å². The molecule has 0 radical (unpaired) electrons. The fourth-order valence-electron chi connectivity index (χ4n) is 2.43. The van der Waals surface area contributed by atoms with Gasteiger partial charge in [0.05, 0.1) is 19.1 Å². The number of nitrogens with zero attached hydrogens (tertiary/aromatic N) is 1. The van der Waals surface area contributed by atoms with Crippen molar-refractivity contribution in [1.82, 2.24) is 10.4 Å². The highest BCUT2D eigenvalue weighted by Crippen LogP contribution is 2.37. The number of likely N-dealkylation sites (tertiary alicyclic amines) is 1. The standard InChI is InChI=1S/C13H15ClN2O3/c1-16-11(17)7-10(13(18)15-19-2)12(16)8-4-3-5-9(14)6-8/h3-6,10,12H,7H2,1-2H3,(H,15,18)/t10-,12+/m1/s1. The lowest BCUT2D eigenvalue weighted by Gasteiger charge is -2.24. The summed E-state index contributed by atoms with van der Waals surface area (Å²) in [5.74, 6) is -0.845. The van der Waals surface area contributed by atoms with Crippen molar-refractivity contribution in [2.75, 3.05) is 14.2 Å². The van der Waals surface area contributed by atoms with Crippen LogP contribution in [-0.4, -0.2) is 30.9 Å². The smallest absolute Gasteiger partial charge is 0.249 e. The van der Waals surface area contributed by atoms with E-state index in [1.807, 2.05) is 6.07 Å². The molecule has 6 heteroatoms. The molecule has 0 bridgehead atoms. The molecule has 1 N–H and O–H groups in total. The Labute approximate surface area is 116 Å². The van der Waals surface area contributed by atoms with Crippen molar-refractivity contribution in [2.24, 2.45) is 5.92 Å². The lowest BCUT2D eigenvalue weighted by atomic mass is 9.93. The van der Waals surface area contributed by atoms with Crippen LogP contribution in [0.25, 0.3) is 0 Å². The van der Waals surface area contributed by atoms with E-state index >= 15 is 0 Å². The van der Waals surface area contributed by atoms with Crippen molar-refractivity contribution in [3.05, 3.63) is 34.9 Å². The Hall–Kier alpha value is -1.59. The zero-order valence-corrected chi connectivity index (χ0v) is 11.5. The van der Waals surface area contributed by atoms with Crippen LogP contribution in [0.4, 0.5) is 0 Å². The largest absolute Gasteiger partial charge is 0.338 e. The van der Waals surface area contributed by atoms with Crippen LogP contribution in [0.15, 0.2) is 24.3 Å². The molecule has 1 heterocycles. The molecule has 0 unspecified atom stereocenters. The van der Waals surface area contributed by atoms with E-state index in [2.05, 4.69) is 10.3 Å². The first-order valence-electron chi connectivity index (χ1n) is 5.88. The highest BCUT2D eigenvalue weighted by Gasteiger charge is 2.42. The summed E-state index contributed by atoms with van der Waals surface area (Å²) >= 11 is 5.97. The average molecular weight is 283 g/mol. The van der Waals surface area contributed by atoms with Crippen LogP contribution < -0.4 is 5.48 Å². The topological polar surface area (TPSA) is 58.6 Å². The van der Waals surface area contributed by atoms with Crippen LogP contribution in [0.2, 0.25) is 5.02 Å². The molecule has 0 spiro atoms. The lowest BCUT2D eigenvalue weighted by molar-refractivity contribution is -0.136. The van der Waals surface area contributed by atoms with E-state index < -0.39 is 5.92 Å².